The number of aromatic nitrogens is 1. The van der Waals surface area contributed by atoms with Crippen LogP contribution in [0.1, 0.15) is 12.5 Å². The van der Waals surface area contributed by atoms with Gasteiger partial charge in [0.15, 0.2) is 0 Å². The van der Waals surface area contributed by atoms with Crippen LogP contribution in [0.2, 0.25) is 0 Å². The average Bonchev–Trinajstić information content (AvgIpc) is 2.27. The second-order valence-corrected chi connectivity index (χ2v) is 4.75. The summed E-state index contributed by atoms with van der Waals surface area (Å²) < 4.78 is 0.821. The number of nitrogens with zero attached hydrogens (tertiary/aromatic N) is 2. The number of aliphatic hydroxyl groups is 1. The molecule has 0 amide bonds. The van der Waals surface area contributed by atoms with Crippen LogP contribution in [0, 0.1) is 0 Å². The van der Waals surface area contributed by atoms with Crippen LogP contribution in [0.15, 0.2) is 46.5 Å². The lowest BCUT2D eigenvalue weighted by molar-refractivity contribution is 0.340. The Balaban J connectivity index is 2.12. The van der Waals surface area contributed by atoms with Crippen molar-refractivity contribution in [3.63, 3.8) is 0 Å². The first kappa shape index (κ1) is 11.2. The molecule has 1 N–H and O–H groups in total. The first-order valence-corrected chi connectivity index (χ1v) is 5.86. The minimum absolute atomic E-state index is 0.319. The highest BCUT2D eigenvalue weighted by molar-refractivity contribution is 9.11. The first-order chi connectivity index (χ1) is 7.66. The molecule has 84 valence electrons. The summed E-state index contributed by atoms with van der Waals surface area (Å²) in [5.41, 5.74) is 2.22. The Morgan fingerprint density at radius 1 is 1.56 bits per heavy atom. The lowest BCUT2D eigenvalue weighted by Gasteiger charge is -2.28. The predicted octanol–water partition coefficient (Wildman–Crippen LogP) is 2.97. The van der Waals surface area contributed by atoms with Gasteiger partial charge >= 0.3 is 0 Å². The molecule has 3 nitrogen and oxygen atoms in total. The second-order valence-electron chi connectivity index (χ2n) is 3.79. The van der Waals surface area contributed by atoms with Crippen molar-refractivity contribution < 1.29 is 5.11 Å². The van der Waals surface area contributed by atoms with E-state index in [-0.39, 0.29) is 0 Å². The molecule has 2 rings (SSSR count). The summed E-state index contributed by atoms with van der Waals surface area (Å²) in [6.07, 6.45) is 5.40. The topological polar surface area (TPSA) is 36.4 Å². The van der Waals surface area contributed by atoms with E-state index in [0.717, 1.165) is 22.3 Å². The Kier molecular flexibility index (Phi) is 3.29. The summed E-state index contributed by atoms with van der Waals surface area (Å²) in [5.74, 6) is 0.319. The van der Waals surface area contributed by atoms with Crippen LogP contribution < -0.4 is 0 Å². The smallest absolute Gasteiger partial charge is 0.129 e. The van der Waals surface area contributed by atoms with E-state index in [1.807, 2.05) is 25.3 Å². The molecule has 0 fully saturated rings. The fourth-order valence-corrected chi connectivity index (χ4v) is 2.05. The molecular formula is C12H13BrN2O. The van der Waals surface area contributed by atoms with Gasteiger partial charge in [0.1, 0.15) is 5.76 Å². The predicted molar refractivity (Wildman–Crippen MR) is 67.0 cm³/mol. The zero-order valence-electron chi connectivity index (χ0n) is 9.02. The maximum absolute atomic E-state index is 9.55. The van der Waals surface area contributed by atoms with Crippen LogP contribution in [0.3, 0.4) is 0 Å². The summed E-state index contributed by atoms with van der Waals surface area (Å²) in [5, 5.41) is 9.55. The van der Waals surface area contributed by atoms with E-state index in [2.05, 4.69) is 25.8 Å². The fourth-order valence-electron chi connectivity index (χ4n) is 1.63. The maximum atomic E-state index is 9.55. The van der Waals surface area contributed by atoms with Gasteiger partial charge < -0.3 is 10.0 Å². The van der Waals surface area contributed by atoms with E-state index in [4.69, 9.17) is 0 Å². The van der Waals surface area contributed by atoms with Crippen molar-refractivity contribution in [2.45, 2.75) is 13.5 Å². The van der Waals surface area contributed by atoms with E-state index in [1.54, 1.807) is 12.3 Å². The lowest BCUT2D eigenvalue weighted by Crippen LogP contribution is -2.26. The van der Waals surface area contributed by atoms with Crippen LogP contribution in [0.25, 0.3) is 0 Å². The van der Waals surface area contributed by atoms with Crippen LogP contribution in [0.4, 0.5) is 0 Å². The van der Waals surface area contributed by atoms with Crippen LogP contribution in [-0.2, 0) is 6.54 Å². The molecule has 0 atom stereocenters. The highest BCUT2D eigenvalue weighted by Crippen LogP contribution is 2.24. The molecule has 16 heavy (non-hydrogen) atoms. The average molecular weight is 281 g/mol. The van der Waals surface area contributed by atoms with E-state index >= 15 is 0 Å². The largest absolute Gasteiger partial charge is 0.507 e. The Hall–Kier alpha value is -1.29. The number of hydrogen-bond donors (Lipinski definition) is 1. The molecule has 2 heterocycles. The number of rotatable bonds is 2. The van der Waals surface area contributed by atoms with Gasteiger partial charge in [-0.15, -0.1) is 0 Å². The third-order valence-corrected chi connectivity index (χ3v) is 3.21. The van der Waals surface area contributed by atoms with Gasteiger partial charge in [-0.2, -0.15) is 0 Å². The summed E-state index contributed by atoms with van der Waals surface area (Å²) in [7, 11) is 0. The number of aliphatic hydroxyl groups excluding tert-OH is 1. The Morgan fingerprint density at radius 2 is 2.38 bits per heavy atom. The molecule has 0 aliphatic carbocycles. The molecule has 0 bridgehead atoms. The van der Waals surface area contributed by atoms with Gasteiger partial charge in [-0.3, -0.25) is 4.98 Å². The molecule has 1 aliphatic heterocycles. The molecule has 1 aromatic heterocycles. The molecule has 0 spiro atoms. The van der Waals surface area contributed by atoms with Gasteiger partial charge in [0, 0.05) is 24.6 Å². The molecule has 0 unspecified atom stereocenters. The highest BCUT2D eigenvalue weighted by atomic mass is 79.9. The van der Waals surface area contributed by atoms with Crippen molar-refractivity contribution in [3.05, 3.63) is 52.1 Å². The number of hydrogen-bond acceptors (Lipinski definition) is 3. The van der Waals surface area contributed by atoms with Crippen molar-refractivity contribution >= 4 is 15.9 Å². The van der Waals surface area contributed by atoms with Gasteiger partial charge in [0.25, 0.3) is 0 Å². The molecule has 4 heteroatoms. The zero-order chi connectivity index (χ0) is 11.5. The number of halogens is 1. The molecule has 1 aliphatic rings. The van der Waals surface area contributed by atoms with E-state index in [1.165, 1.54) is 0 Å². The molecular weight excluding hydrogens is 268 g/mol. The van der Waals surface area contributed by atoms with Crippen molar-refractivity contribution in [3.8, 4) is 0 Å². The van der Waals surface area contributed by atoms with Crippen molar-refractivity contribution in [1.29, 1.82) is 0 Å². The third kappa shape index (κ3) is 2.44. The highest BCUT2D eigenvalue weighted by Gasteiger charge is 2.15. The normalized spacial score (nSPS) is 16.4. The van der Waals surface area contributed by atoms with Gasteiger partial charge in [-0.1, -0.05) is 6.07 Å². The van der Waals surface area contributed by atoms with Gasteiger partial charge in [0.05, 0.1) is 11.0 Å². The molecule has 0 radical (unpaired) electrons. The van der Waals surface area contributed by atoms with E-state index in [9.17, 15) is 5.11 Å². The SMILES string of the molecule is CC1=CC(O)=C(Br)CN1Cc1cccnc1. The standard InChI is InChI=1S/C12H13BrN2O/c1-9-5-12(16)11(13)8-15(9)7-10-3-2-4-14-6-10/h2-6,16H,7-8H2,1H3. The van der Waals surface area contributed by atoms with Crippen LogP contribution >= 0.6 is 15.9 Å². The Morgan fingerprint density at radius 3 is 3.06 bits per heavy atom. The number of allylic oxidation sites excluding steroid dienone is 2. The van der Waals surface area contributed by atoms with Crippen LogP contribution in [-0.4, -0.2) is 21.5 Å². The molecule has 0 aromatic carbocycles. The van der Waals surface area contributed by atoms with Crippen molar-refractivity contribution in [2.24, 2.45) is 0 Å². The van der Waals surface area contributed by atoms with E-state index in [0.29, 0.717) is 12.3 Å². The van der Waals surface area contributed by atoms with Crippen molar-refractivity contribution in [2.75, 3.05) is 6.54 Å². The quantitative estimate of drug-likeness (QED) is 0.905. The minimum atomic E-state index is 0.319. The Bertz CT molecular complexity index is 440. The number of pyridine rings is 1. The lowest BCUT2D eigenvalue weighted by atomic mass is 10.2. The summed E-state index contributed by atoms with van der Waals surface area (Å²) in [6, 6.07) is 3.98. The third-order valence-electron chi connectivity index (χ3n) is 2.55. The zero-order valence-corrected chi connectivity index (χ0v) is 10.6. The summed E-state index contributed by atoms with van der Waals surface area (Å²) in [6.45, 7) is 3.49. The molecule has 1 aromatic rings. The summed E-state index contributed by atoms with van der Waals surface area (Å²) in [4.78, 5) is 6.27. The van der Waals surface area contributed by atoms with Crippen molar-refractivity contribution in [1.82, 2.24) is 9.88 Å². The van der Waals surface area contributed by atoms with E-state index < -0.39 is 0 Å². The first-order valence-electron chi connectivity index (χ1n) is 5.06. The van der Waals surface area contributed by atoms with Gasteiger partial charge in [-0.05, 0) is 40.6 Å². The molecule has 0 saturated carbocycles. The summed E-state index contributed by atoms with van der Waals surface area (Å²) >= 11 is 3.36. The molecule has 0 saturated heterocycles. The fraction of sp³-hybridized carbons (Fsp3) is 0.250. The second kappa shape index (κ2) is 4.70. The van der Waals surface area contributed by atoms with Crippen LogP contribution in [0.5, 0.6) is 0 Å². The van der Waals surface area contributed by atoms with Gasteiger partial charge in [0.2, 0.25) is 0 Å². The minimum Gasteiger partial charge on any atom is -0.507 e. The maximum Gasteiger partial charge on any atom is 0.129 e. The monoisotopic (exact) mass is 280 g/mol. The Labute approximate surface area is 103 Å². The van der Waals surface area contributed by atoms with Gasteiger partial charge in [-0.25, -0.2) is 0 Å².